The number of fused-ring (bicyclic) bond motifs is 1. The van der Waals surface area contributed by atoms with Gasteiger partial charge in [-0.15, -0.1) is 0 Å². The van der Waals surface area contributed by atoms with Gasteiger partial charge in [0, 0.05) is 18.5 Å². The molecule has 0 unspecified atom stereocenters. The Morgan fingerprint density at radius 2 is 2.19 bits per heavy atom. The van der Waals surface area contributed by atoms with Crippen LogP contribution < -0.4 is 0 Å². The molecular weight excluding hydrogens is 208 g/mol. The molecule has 2 fully saturated rings. The Bertz CT molecular complexity index is 432. The highest BCUT2D eigenvalue weighted by atomic mass is 19.2. The zero-order valence-corrected chi connectivity index (χ0v) is 9.34. The molecule has 0 bridgehead atoms. The summed E-state index contributed by atoms with van der Waals surface area (Å²) in [6.07, 6.45) is 1.13. The van der Waals surface area contributed by atoms with Crippen LogP contribution in [-0.2, 0) is 5.41 Å². The summed E-state index contributed by atoms with van der Waals surface area (Å²) in [5.41, 5.74) is 1.11. The Kier molecular flexibility index (Phi) is 2.08. The number of likely N-dealkylation sites (N-methyl/N-ethyl adjacent to an activating group) is 1. The zero-order chi connectivity index (χ0) is 11.3. The Balaban J connectivity index is 1.91. The highest BCUT2D eigenvalue weighted by Crippen LogP contribution is 2.58. The predicted molar refractivity (Wildman–Crippen MR) is 58.3 cm³/mol. The van der Waals surface area contributed by atoms with E-state index >= 15 is 0 Å². The molecule has 0 radical (unpaired) electrons. The Labute approximate surface area is 94.1 Å². The second kappa shape index (κ2) is 3.27. The highest BCUT2D eigenvalue weighted by molar-refractivity contribution is 5.37. The molecule has 3 rings (SSSR count). The summed E-state index contributed by atoms with van der Waals surface area (Å²) in [6, 6.07) is 4.38. The SMILES string of the molecule is CCN1C[C@@H]2C[C@]2(c2ccc(F)c(F)c2)C1. The first kappa shape index (κ1) is 10.2. The number of halogens is 2. The molecular formula is C13H15F2N. The number of benzene rings is 1. The molecule has 1 aromatic rings. The maximum Gasteiger partial charge on any atom is 0.159 e. The lowest BCUT2D eigenvalue weighted by molar-refractivity contribution is 0.314. The molecule has 16 heavy (non-hydrogen) atoms. The summed E-state index contributed by atoms with van der Waals surface area (Å²) < 4.78 is 26.1. The van der Waals surface area contributed by atoms with Crippen LogP contribution in [0.4, 0.5) is 8.78 Å². The van der Waals surface area contributed by atoms with Gasteiger partial charge in [0.15, 0.2) is 11.6 Å². The third-order valence-corrected chi connectivity index (χ3v) is 4.16. The summed E-state index contributed by atoms with van der Waals surface area (Å²) in [5.74, 6) is -0.813. The van der Waals surface area contributed by atoms with Crippen molar-refractivity contribution in [2.24, 2.45) is 5.92 Å². The summed E-state index contributed by atoms with van der Waals surface area (Å²) >= 11 is 0. The molecule has 2 atom stereocenters. The first-order valence-corrected chi connectivity index (χ1v) is 5.83. The van der Waals surface area contributed by atoms with Gasteiger partial charge in [-0.3, -0.25) is 0 Å². The quantitative estimate of drug-likeness (QED) is 0.744. The van der Waals surface area contributed by atoms with E-state index in [1.54, 1.807) is 6.07 Å². The Morgan fingerprint density at radius 1 is 1.38 bits per heavy atom. The first-order chi connectivity index (χ1) is 7.65. The van der Waals surface area contributed by atoms with Crippen LogP contribution in [0.2, 0.25) is 0 Å². The van der Waals surface area contributed by atoms with Crippen LogP contribution in [-0.4, -0.2) is 24.5 Å². The van der Waals surface area contributed by atoms with E-state index in [0.717, 1.165) is 31.6 Å². The molecule has 1 aliphatic heterocycles. The average Bonchev–Trinajstić information content (AvgIpc) is 2.86. The standard InChI is InChI=1S/C13H15F2N/c1-2-16-7-10-6-13(10,8-16)9-3-4-11(14)12(15)5-9/h3-5,10H,2,6-8H2,1H3/t10-,13+/m0/s1. The van der Waals surface area contributed by atoms with Gasteiger partial charge >= 0.3 is 0 Å². The minimum atomic E-state index is -0.748. The number of piperidine rings is 1. The van der Waals surface area contributed by atoms with Crippen LogP contribution in [0.5, 0.6) is 0 Å². The van der Waals surface area contributed by atoms with E-state index in [9.17, 15) is 8.78 Å². The van der Waals surface area contributed by atoms with E-state index in [1.165, 1.54) is 12.1 Å². The molecule has 1 saturated heterocycles. The largest absolute Gasteiger partial charge is 0.302 e. The Hall–Kier alpha value is -0.960. The van der Waals surface area contributed by atoms with Crippen molar-refractivity contribution >= 4 is 0 Å². The number of likely N-dealkylation sites (tertiary alicyclic amines) is 1. The van der Waals surface area contributed by atoms with Gasteiger partial charge in [-0.25, -0.2) is 8.78 Å². The van der Waals surface area contributed by atoms with Crippen molar-refractivity contribution in [3.05, 3.63) is 35.4 Å². The van der Waals surface area contributed by atoms with Crippen molar-refractivity contribution in [1.29, 1.82) is 0 Å². The van der Waals surface area contributed by atoms with Crippen molar-refractivity contribution in [3.8, 4) is 0 Å². The summed E-state index contributed by atoms with van der Waals surface area (Å²) in [5, 5.41) is 0. The summed E-state index contributed by atoms with van der Waals surface area (Å²) in [6.45, 7) is 5.29. The second-order valence-corrected chi connectivity index (χ2v) is 5.01. The summed E-state index contributed by atoms with van der Waals surface area (Å²) in [7, 11) is 0. The first-order valence-electron chi connectivity index (χ1n) is 5.83. The fraction of sp³-hybridized carbons (Fsp3) is 0.538. The van der Waals surface area contributed by atoms with Crippen LogP contribution in [0.1, 0.15) is 18.9 Å². The molecule has 86 valence electrons. The molecule has 1 aliphatic carbocycles. The monoisotopic (exact) mass is 223 g/mol. The minimum absolute atomic E-state index is 0.130. The molecule has 1 saturated carbocycles. The van der Waals surface area contributed by atoms with E-state index in [2.05, 4.69) is 11.8 Å². The van der Waals surface area contributed by atoms with E-state index in [4.69, 9.17) is 0 Å². The van der Waals surface area contributed by atoms with Crippen molar-refractivity contribution in [2.45, 2.75) is 18.8 Å². The van der Waals surface area contributed by atoms with Crippen LogP contribution in [0.25, 0.3) is 0 Å². The van der Waals surface area contributed by atoms with E-state index in [1.807, 2.05) is 0 Å². The normalized spacial score (nSPS) is 32.8. The van der Waals surface area contributed by atoms with E-state index in [-0.39, 0.29) is 5.41 Å². The minimum Gasteiger partial charge on any atom is -0.302 e. The Morgan fingerprint density at radius 3 is 2.81 bits per heavy atom. The predicted octanol–water partition coefficient (Wildman–Crippen LogP) is 2.56. The number of nitrogens with zero attached hydrogens (tertiary/aromatic N) is 1. The molecule has 0 N–H and O–H groups in total. The van der Waals surface area contributed by atoms with E-state index < -0.39 is 11.6 Å². The molecule has 1 heterocycles. The van der Waals surface area contributed by atoms with Gasteiger partial charge in [0.25, 0.3) is 0 Å². The van der Waals surface area contributed by atoms with Gasteiger partial charge in [-0.1, -0.05) is 13.0 Å². The third kappa shape index (κ3) is 1.31. The maximum absolute atomic E-state index is 13.2. The van der Waals surface area contributed by atoms with Crippen molar-refractivity contribution < 1.29 is 8.78 Å². The molecule has 1 aromatic carbocycles. The van der Waals surface area contributed by atoms with Crippen LogP contribution in [0, 0.1) is 17.6 Å². The second-order valence-electron chi connectivity index (χ2n) is 5.01. The lowest BCUT2D eigenvalue weighted by Gasteiger charge is -2.19. The maximum atomic E-state index is 13.2. The molecule has 0 aromatic heterocycles. The van der Waals surface area contributed by atoms with Gasteiger partial charge in [-0.05, 0) is 36.6 Å². The zero-order valence-electron chi connectivity index (χ0n) is 9.34. The smallest absolute Gasteiger partial charge is 0.159 e. The highest BCUT2D eigenvalue weighted by Gasteiger charge is 2.60. The number of rotatable bonds is 2. The molecule has 0 amide bonds. The molecule has 1 nitrogen and oxygen atoms in total. The lowest BCUT2D eigenvalue weighted by Crippen LogP contribution is -2.26. The van der Waals surface area contributed by atoms with Crippen LogP contribution in [0.3, 0.4) is 0 Å². The van der Waals surface area contributed by atoms with Crippen molar-refractivity contribution in [3.63, 3.8) is 0 Å². The topological polar surface area (TPSA) is 3.24 Å². The van der Waals surface area contributed by atoms with Crippen molar-refractivity contribution in [1.82, 2.24) is 4.90 Å². The molecule has 3 heteroatoms. The summed E-state index contributed by atoms with van der Waals surface area (Å²) in [4.78, 5) is 2.38. The van der Waals surface area contributed by atoms with Gasteiger partial charge in [0.2, 0.25) is 0 Å². The van der Waals surface area contributed by atoms with Gasteiger partial charge in [0.1, 0.15) is 0 Å². The fourth-order valence-electron chi connectivity index (χ4n) is 3.08. The van der Waals surface area contributed by atoms with Gasteiger partial charge in [-0.2, -0.15) is 0 Å². The number of hydrogen-bond donors (Lipinski definition) is 0. The number of hydrogen-bond acceptors (Lipinski definition) is 1. The van der Waals surface area contributed by atoms with Crippen LogP contribution >= 0.6 is 0 Å². The van der Waals surface area contributed by atoms with E-state index in [0.29, 0.717) is 5.92 Å². The lowest BCUT2D eigenvalue weighted by atomic mass is 9.95. The molecule has 0 spiro atoms. The third-order valence-electron chi connectivity index (χ3n) is 4.16. The van der Waals surface area contributed by atoms with Gasteiger partial charge in [0.05, 0.1) is 0 Å². The average molecular weight is 223 g/mol. The van der Waals surface area contributed by atoms with Crippen LogP contribution in [0.15, 0.2) is 18.2 Å². The molecule has 2 aliphatic rings. The van der Waals surface area contributed by atoms with Gasteiger partial charge < -0.3 is 4.90 Å². The van der Waals surface area contributed by atoms with Crippen molar-refractivity contribution in [2.75, 3.05) is 19.6 Å². The fourth-order valence-corrected chi connectivity index (χ4v) is 3.08.